The molecule has 0 radical (unpaired) electrons. The van der Waals surface area contributed by atoms with Crippen molar-refractivity contribution in [2.45, 2.75) is 38.6 Å². The number of rotatable bonds is 9. The fourth-order valence-corrected chi connectivity index (χ4v) is 4.22. The molecule has 1 N–H and O–H groups in total. The van der Waals surface area contributed by atoms with Crippen LogP contribution >= 0.6 is 34.7 Å². The van der Waals surface area contributed by atoms with Crippen LogP contribution in [0.1, 0.15) is 29.4 Å². The van der Waals surface area contributed by atoms with Crippen molar-refractivity contribution >= 4 is 45.7 Å². The SMILES string of the molecule is C=CCn1c(SCC(=O)Nc2nnc(C)s2)nnc1C(C)Oc1ccc(Cl)cc1C. The van der Waals surface area contributed by atoms with Gasteiger partial charge in [-0.25, -0.2) is 0 Å². The first-order valence-electron chi connectivity index (χ1n) is 9.07. The average molecular weight is 465 g/mol. The van der Waals surface area contributed by atoms with E-state index in [2.05, 4.69) is 32.3 Å². The Balaban J connectivity index is 1.69. The lowest BCUT2D eigenvalue weighted by atomic mass is 10.2. The molecule has 0 aliphatic carbocycles. The van der Waals surface area contributed by atoms with Crippen LogP contribution in [0.25, 0.3) is 0 Å². The zero-order chi connectivity index (χ0) is 21.7. The van der Waals surface area contributed by atoms with Crippen molar-refractivity contribution in [2.24, 2.45) is 0 Å². The van der Waals surface area contributed by atoms with Crippen molar-refractivity contribution in [1.29, 1.82) is 0 Å². The molecule has 0 aliphatic heterocycles. The van der Waals surface area contributed by atoms with Gasteiger partial charge in [-0.05, 0) is 44.5 Å². The van der Waals surface area contributed by atoms with Crippen molar-refractivity contribution in [3.8, 4) is 5.75 Å². The number of hydrogen-bond acceptors (Lipinski definition) is 8. The molecule has 158 valence electrons. The second-order valence-corrected chi connectivity index (χ2v) is 8.93. The third-order valence-corrected chi connectivity index (χ3v) is 5.92. The van der Waals surface area contributed by atoms with Gasteiger partial charge in [-0.1, -0.05) is 40.8 Å². The van der Waals surface area contributed by atoms with E-state index in [1.165, 1.54) is 23.1 Å². The molecule has 8 nitrogen and oxygen atoms in total. The molecule has 3 rings (SSSR count). The Morgan fingerprint density at radius 2 is 2.17 bits per heavy atom. The molecule has 0 spiro atoms. The highest BCUT2D eigenvalue weighted by Crippen LogP contribution is 2.28. The molecule has 3 aromatic rings. The summed E-state index contributed by atoms with van der Waals surface area (Å²) in [7, 11) is 0. The summed E-state index contributed by atoms with van der Waals surface area (Å²) in [4.78, 5) is 12.2. The normalized spacial score (nSPS) is 11.9. The van der Waals surface area contributed by atoms with E-state index in [4.69, 9.17) is 16.3 Å². The number of carbonyl (C=O) groups excluding carboxylic acids is 1. The zero-order valence-corrected chi connectivity index (χ0v) is 19.1. The second kappa shape index (κ2) is 10.1. The van der Waals surface area contributed by atoms with Gasteiger partial charge in [0, 0.05) is 11.6 Å². The summed E-state index contributed by atoms with van der Waals surface area (Å²) >= 11 is 8.63. The molecule has 11 heteroatoms. The summed E-state index contributed by atoms with van der Waals surface area (Å²) in [6, 6.07) is 5.46. The second-order valence-electron chi connectivity index (χ2n) is 6.37. The third-order valence-electron chi connectivity index (χ3n) is 3.97. The fourth-order valence-electron chi connectivity index (χ4n) is 2.63. The van der Waals surface area contributed by atoms with E-state index in [-0.39, 0.29) is 17.8 Å². The maximum atomic E-state index is 12.2. The number of carbonyl (C=O) groups is 1. The molecule has 0 saturated carbocycles. The molecule has 0 aliphatic rings. The number of ether oxygens (including phenoxy) is 1. The van der Waals surface area contributed by atoms with Gasteiger partial charge >= 0.3 is 0 Å². The molecule has 0 bridgehead atoms. The van der Waals surface area contributed by atoms with Crippen LogP contribution in [0, 0.1) is 13.8 Å². The highest BCUT2D eigenvalue weighted by atomic mass is 35.5. The summed E-state index contributed by atoms with van der Waals surface area (Å²) in [5, 5.41) is 21.6. The Morgan fingerprint density at radius 1 is 1.37 bits per heavy atom. The maximum absolute atomic E-state index is 12.2. The molecule has 0 saturated heterocycles. The Kier molecular flexibility index (Phi) is 7.46. The van der Waals surface area contributed by atoms with Crippen LogP contribution < -0.4 is 10.1 Å². The number of aromatic nitrogens is 5. The number of anilines is 1. The average Bonchev–Trinajstić information content (AvgIpc) is 3.28. The molecule has 1 aromatic carbocycles. The number of amides is 1. The van der Waals surface area contributed by atoms with Crippen molar-refractivity contribution in [1.82, 2.24) is 25.0 Å². The summed E-state index contributed by atoms with van der Waals surface area (Å²) < 4.78 is 7.96. The van der Waals surface area contributed by atoms with Crippen molar-refractivity contribution in [3.63, 3.8) is 0 Å². The van der Waals surface area contributed by atoms with E-state index in [1.807, 2.05) is 37.5 Å². The van der Waals surface area contributed by atoms with Crippen LogP contribution in [-0.2, 0) is 11.3 Å². The topological polar surface area (TPSA) is 94.8 Å². The smallest absolute Gasteiger partial charge is 0.236 e. The van der Waals surface area contributed by atoms with Gasteiger partial charge in [0.2, 0.25) is 11.0 Å². The minimum Gasteiger partial charge on any atom is -0.482 e. The Labute approximate surface area is 187 Å². The first-order valence-corrected chi connectivity index (χ1v) is 11.2. The lowest BCUT2D eigenvalue weighted by Crippen LogP contribution is -2.15. The number of aryl methyl sites for hydroxylation is 2. The first kappa shape index (κ1) is 22.3. The van der Waals surface area contributed by atoms with Crippen molar-refractivity contribution < 1.29 is 9.53 Å². The predicted octanol–water partition coefficient (Wildman–Crippen LogP) is 4.46. The number of hydrogen-bond donors (Lipinski definition) is 1. The van der Waals surface area contributed by atoms with E-state index < -0.39 is 0 Å². The summed E-state index contributed by atoms with van der Waals surface area (Å²) in [6.45, 7) is 9.96. The van der Waals surface area contributed by atoms with Crippen molar-refractivity contribution in [2.75, 3.05) is 11.1 Å². The largest absolute Gasteiger partial charge is 0.482 e. The highest BCUT2D eigenvalue weighted by Gasteiger charge is 2.20. The molecule has 2 aromatic heterocycles. The Bertz CT molecular complexity index is 1050. The number of benzene rings is 1. The van der Waals surface area contributed by atoms with Crippen LogP contribution in [0.4, 0.5) is 5.13 Å². The number of thioether (sulfide) groups is 1. The van der Waals surface area contributed by atoms with Gasteiger partial charge in [-0.3, -0.25) is 14.7 Å². The molecular formula is C19H21ClN6O2S2. The number of allylic oxidation sites excluding steroid dienone is 1. The van der Waals surface area contributed by atoms with Crippen LogP contribution in [0.2, 0.25) is 5.02 Å². The fraction of sp³-hybridized carbons (Fsp3) is 0.316. The highest BCUT2D eigenvalue weighted by molar-refractivity contribution is 7.99. The molecular weight excluding hydrogens is 444 g/mol. The standard InChI is InChI=1S/C19H21ClN6O2S2/c1-5-8-26-17(12(3)28-15-7-6-14(20)9-11(15)2)23-25-19(26)29-10-16(27)21-18-24-22-13(4)30-18/h5-7,9,12H,1,8,10H2,2-4H3,(H,21,24,27). The first-order chi connectivity index (χ1) is 14.4. The van der Waals surface area contributed by atoms with Gasteiger partial charge in [0.05, 0.1) is 5.75 Å². The maximum Gasteiger partial charge on any atom is 0.236 e. The summed E-state index contributed by atoms with van der Waals surface area (Å²) in [5.74, 6) is 1.35. The van der Waals surface area contributed by atoms with Crippen LogP contribution in [-0.4, -0.2) is 36.6 Å². The number of halogens is 1. The lowest BCUT2D eigenvalue weighted by molar-refractivity contribution is -0.113. The van der Waals surface area contributed by atoms with E-state index in [9.17, 15) is 4.79 Å². The van der Waals surface area contributed by atoms with Crippen LogP contribution in [0.5, 0.6) is 5.75 Å². The molecule has 0 fully saturated rings. The number of nitrogens with one attached hydrogen (secondary N) is 1. The van der Waals surface area contributed by atoms with E-state index in [1.54, 1.807) is 12.1 Å². The minimum absolute atomic E-state index is 0.166. The third kappa shape index (κ3) is 5.59. The molecule has 30 heavy (non-hydrogen) atoms. The minimum atomic E-state index is -0.357. The monoisotopic (exact) mass is 464 g/mol. The van der Waals surface area contributed by atoms with Crippen LogP contribution in [0.15, 0.2) is 36.0 Å². The van der Waals surface area contributed by atoms with E-state index in [0.29, 0.717) is 27.7 Å². The van der Waals surface area contributed by atoms with Crippen molar-refractivity contribution in [3.05, 3.63) is 52.3 Å². The van der Waals surface area contributed by atoms with E-state index in [0.717, 1.165) is 16.3 Å². The van der Waals surface area contributed by atoms with Crippen LogP contribution in [0.3, 0.4) is 0 Å². The molecule has 1 amide bonds. The van der Waals surface area contributed by atoms with Gasteiger partial charge in [0.25, 0.3) is 0 Å². The van der Waals surface area contributed by atoms with E-state index >= 15 is 0 Å². The molecule has 1 atom stereocenters. The predicted molar refractivity (Wildman–Crippen MR) is 119 cm³/mol. The molecule has 2 heterocycles. The Morgan fingerprint density at radius 3 is 2.83 bits per heavy atom. The number of nitrogens with zero attached hydrogens (tertiary/aromatic N) is 5. The Hall–Kier alpha value is -2.43. The van der Waals surface area contributed by atoms with Gasteiger partial charge < -0.3 is 4.74 Å². The zero-order valence-electron chi connectivity index (χ0n) is 16.8. The quantitative estimate of drug-likeness (QED) is 0.369. The van der Waals surface area contributed by atoms with Gasteiger partial charge in [0.1, 0.15) is 10.8 Å². The lowest BCUT2D eigenvalue weighted by Gasteiger charge is -2.17. The van der Waals surface area contributed by atoms with Gasteiger partial charge in [-0.15, -0.1) is 27.0 Å². The summed E-state index contributed by atoms with van der Waals surface area (Å²) in [6.07, 6.45) is 1.39. The van der Waals surface area contributed by atoms with Gasteiger partial charge in [-0.2, -0.15) is 0 Å². The summed E-state index contributed by atoms with van der Waals surface area (Å²) in [5.41, 5.74) is 0.933. The van der Waals surface area contributed by atoms with Gasteiger partial charge in [0.15, 0.2) is 17.1 Å². The molecule has 1 unspecified atom stereocenters.